The van der Waals surface area contributed by atoms with Crippen LogP contribution in [0.25, 0.3) is 0 Å². The van der Waals surface area contributed by atoms with Crippen molar-refractivity contribution >= 4 is 17.9 Å². The maximum Gasteiger partial charge on any atom is 0.306 e. The number of allylic oxidation sites excluding steroid dienone is 14. The summed E-state index contributed by atoms with van der Waals surface area (Å²) in [5.41, 5.74) is 0. The van der Waals surface area contributed by atoms with E-state index in [0.717, 1.165) is 116 Å². The van der Waals surface area contributed by atoms with Crippen molar-refractivity contribution in [2.75, 3.05) is 13.2 Å². The quantitative estimate of drug-likeness (QED) is 0.0261. The molecule has 70 heavy (non-hydrogen) atoms. The van der Waals surface area contributed by atoms with Crippen LogP contribution >= 0.6 is 0 Å². The Labute approximate surface area is 433 Å². The van der Waals surface area contributed by atoms with Crippen LogP contribution in [0, 0.1) is 0 Å². The molecule has 0 aliphatic heterocycles. The summed E-state index contributed by atoms with van der Waals surface area (Å²) in [5.74, 6) is -0.913. The minimum atomic E-state index is -0.789. The van der Waals surface area contributed by atoms with Gasteiger partial charge in [0.25, 0.3) is 0 Å². The number of carbonyl (C=O) groups excluding carboxylic acids is 3. The average Bonchev–Trinajstić information content (AvgIpc) is 3.36. The van der Waals surface area contributed by atoms with Crippen LogP contribution in [0.3, 0.4) is 0 Å². The minimum absolute atomic E-state index is 0.0874. The van der Waals surface area contributed by atoms with E-state index < -0.39 is 6.10 Å². The van der Waals surface area contributed by atoms with Crippen molar-refractivity contribution in [2.24, 2.45) is 0 Å². The second-order valence-corrected chi connectivity index (χ2v) is 19.5. The lowest BCUT2D eigenvalue weighted by molar-refractivity contribution is -0.167. The van der Waals surface area contributed by atoms with Gasteiger partial charge in [-0.25, -0.2) is 0 Å². The molecule has 402 valence electrons. The van der Waals surface area contributed by atoms with Crippen LogP contribution in [0.2, 0.25) is 0 Å². The zero-order valence-corrected chi connectivity index (χ0v) is 46.0. The molecular weight excluding hydrogens is 865 g/mol. The van der Waals surface area contributed by atoms with Crippen LogP contribution < -0.4 is 0 Å². The van der Waals surface area contributed by atoms with Gasteiger partial charge in [-0.2, -0.15) is 0 Å². The van der Waals surface area contributed by atoms with Crippen molar-refractivity contribution in [2.45, 2.75) is 290 Å². The van der Waals surface area contributed by atoms with E-state index in [1.54, 1.807) is 0 Å². The standard InChI is InChI=1S/C64H110O6/c1-4-7-10-13-16-19-22-24-26-28-30-31-32-33-34-36-37-39-42-45-48-51-54-57-63(66)69-60-61(59-68-62(65)56-53-50-47-44-41-21-18-15-12-9-6-3)70-64(67)58-55-52-49-46-43-40-38-35-29-27-25-23-20-17-14-11-8-5-2/h7,10,15-16,18-19,24,26,30-31,33-34,37,39,61H,4-6,8-9,11-14,17,20-23,25,27-29,32,35-36,38,40-60H2,1-3H3/b10-7-,18-15-,19-16-,26-24-,31-30-,34-33-,39-37-. The normalized spacial score (nSPS) is 12.7. The second kappa shape index (κ2) is 58.2. The highest BCUT2D eigenvalue weighted by molar-refractivity contribution is 5.71. The molecule has 0 rings (SSSR count). The first-order valence-electron chi connectivity index (χ1n) is 29.6. The Morgan fingerprint density at radius 1 is 0.300 bits per heavy atom. The molecule has 0 spiro atoms. The van der Waals surface area contributed by atoms with E-state index in [0.29, 0.717) is 19.3 Å². The van der Waals surface area contributed by atoms with Gasteiger partial charge in [-0.05, 0) is 89.9 Å². The molecule has 0 heterocycles. The summed E-state index contributed by atoms with van der Waals surface area (Å²) < 4.78 is 16.8. The Kier molecular flexibility index (Phi) is 55.3. The van der Waals surface area contributed by atoms with Gasteiger partial charge in [0.05, 0.1) is 0 Å². The molecule has 0 aliphatic carbocycles. The van der Waals surface area contributed by atoms with E-state index >= 15 is 0 Å². The zero-order valence-electron chi connectivity index (χ0n) is 46.0. The van der Waals surface area contributed by atoms with Crippen LogP contribution in [-0.2, 0) is 28.6 Å². The van der Waals surface area contributed by atoms with Gasteiger partial charge < -0.3 is 14.2 Å². The summed E-state index contributed by atoms with van der Waals surface area (Å²) in [6.45, 7) is 6.48. The van der Waals surface area contributed by atoms with Crippen LogP contribution in [0.4, 0.5) is 0 Å². The molecule has 0 N–H and O–H groups in total. The SMILES string of the molecule is CC/C=C\C/C=C\C/C=C\C/C=C\C/C=C\C/C=C\CCCCCCC(=O)OCC(COC(=O)CCCCCCC/C=C\CCCC)OC(=O)CCCCCCCCCCCCCCCCCCCC. The molecular formula is C64H110O6. The number of esters is 3. The van der Waals surface area contributed by atoms with Crippen LogP contribution in [0.15, 0.2) is 85.1 Å². The van der Waals surface area contributed by atoms with Gasteiger partial charge >= 0.3 is 17.9 Å². The van der Waals surface area contributed by atoms with Crippen LogP contribution in [-0.4, -0.2) is 37.2 Å². The van der Waals surface area contributed by atoms with Gasteiger partial charge in [0, 0.05) is 19.3 Å². The van der Waals surface area contributed by atoms with Crippen molar-refractivity contribution in [3.63, 3.8) is 0 Å². The van der Waals surface area contributed by atoms with Gasteiger partial charge in [-0.3, -0.25) is 14.4 Å². The lowest BCUT2D eigenvalue weighted by atomic mass is 10.0. The third kappa shape index (κ3) is 55.5. The van der Waals surface area contributed by atoms with Crippen molar-refractivity contribution in [1.82, 2.24) is 0 Å². The van der Waals surface area contributed by atoms with E-state index in [4.69, 9.17) is 14.2 Å². The smallest absolute Gasteiger partial charge is 0.306 e. The van der Waals surface area contributed by atoms with E-state index in [1.807, 2.05) is 0 Å². The summed E-state index contributed by atoms with van der Waals surface area (Å²) >= 11 is 0. The monoisotopic (exact) mass is 975 g/mol. The Hall–Kier alpha value is -3.41. The van der Waals surface area contributed by atoms with Crippen molar-refractivity contribution in [3.05, 3.63) is 85.1 Å². The molecule has 0 bridgehead atoms. The number of hydrogen-bond donors (Lipinski definition) is 0. The number of unbranched alkanes of at least 4 members (excludes halogenated alkanes) is 28. The minimum Gasteiger partial charge on any atom is -0.462 e. The fourth-order valence-corrected chi connectivity index (χ4v) is 8.19. The highest BCUT2D eigenvalue weighted by Crippen LogP contribution is 2.16. The first kappa shape index (κ1) is 66.6. The van der Waals surface area contributed by atoms with Gasteiger partial charge in [-0.1, -0.05) is 260 Å². The maximum absolute atomic E-state index is 12.9. The summed E-state index contributed by atoms with van der Waals surface area (Å²) in [7, 11) is 0. The van der Waals surface area contributed by atoms with Crippen LogP contribution in [0.1, 0.15) is 284 Å². The summed E-state index contributed by atoms with van der Waals surface area (Å²) in [6.07, 6.45) is 75.8. The molecule has 0 aliphatic rings. The average molecular weight is 976 g/mol. The number of carbonyl (C=O) groups is 3. The molecule has 0 amide bonds. The third-order valence-corrected chi connectivity index (χ3v) is 12.6. The zero-order chi connectivity index (χ0) is 50.7. The largest absolute Gasteiger partial charge is 0.462 e. The molecule has 0 radical (unpaired) electrons. The Morgan fingerprint density at radius 2 is 0.571 bits per heavy atom. The summed E-state index contributed by atoms with van der Waals surface area (Å²) in [6, 6.07) is 0. The van der Waals surface area contributed by atoms with Gasteiger partial charge in [0.2, 0.25) is 0 Å². The highest BCUT2D eigenvalue weighted by Gasteiger charge is 2.19. The molecule has 6 nitrogen and oxygen atoms in total. The molecule has 0 fully saturated rings. The number of hydrogen-bond acceptors (Lipinski definition) is 6. The second-order valence-electron chi connectivity index (χ2n) is 19.5. The molecule has 0 aromatic rings. The number of ether oxygens (including phenoxy) is 3. The van der Waals surface area contributed by atoms with Crippen molar-refractivity contribution in [1.29, 1.82) is 0 Å². The first-order chi connectivity index (χ1) is 34.5. The first-order valence-corrected chi connectivity index (χ1v) is 29.6. The van der Waals surface area contributed by atoms with Gasteiger partial charge in [0.1, 0.15) is 13.2 Å². The van der Waals surface area contributed by atoms with E-state index in [9.17, 15) is 14.4 Å². The van der Waals surface area contributed by atoms with Crippen molar-refractivity contribution in [3.8, 4) is 0 Å². The van der Waals surface area contributed by atoms with Gasteiger partial charge in [0.15, 0.2) is 6.10 Å². The topological polar surface area (TPSA) is 78.9 Å². The fourth-order valence-electron chi connectivity index (χ4n) is 8.19. The summed E-state index contributed by atoms with van der Waals surface area (Å²) in [5, 5.41) is 0. The van der Waals surface area contributed by atoms with E-state index in [2.05, 4.69) is 106 Å². The molecule has 1 atom stereocenters. The van der Waals surface area contributed by atoms with Crippen molar-refractivity contribution < 1.29 is 28.6 Å². The highest BCUT2D eigenvalue weighted by atomic mass is 16.6. The molecule has 0 aromatic carbocycles. The van der Waals surface area contributed by atoms with Crippen LogP contribution in [0.5, 0.6) is 0 Å². The molecule has 1 unspecified atom stereocenters. The molecule has 0 saturated carbocycles. The maximum atomic E-state index is 12.9. The van der Waals surface area contributed by atoms with E-state index in [1.165, 1.54) is 128 Å². The lowest BCUT2D eigenvalue weighted by Gasteiger charge is -2.18. The van der Waals surface area contributed by atoms with Gasteiger partial charge in [-0.15, -0.1) is 0 Å². The molecule has 0 saturated heterocycles. The predicted molar refractivity (Wildman–Crippen MR) is 302 cm³/mol. The lowest BCUT2D eigenvalue weighted by Crippen LogP contribution is -2.30. The summed E-state index contributed by atoms with van der Waals surface area (Å²) in [4.78, 5) is 38.1. The predicted octanol–water partition coefficient (Wildman–Crippen LogP) is 19.9. The molecule has 0 aromatic heterocycles. The Balaban J connectivity index is 4.36. The number of rotatable bonds is 53. The molecule has 6 heteroatoms. The van der Waals surface area contributed by atoms with E-state index in [-0.39, 0.29) is 31.1 Å². The Morgan fingerprint density at radius 3 is 0.929 bits per heavy atom. The fraction of sp³-hybridized carbons (Fsp3) is 0.734. The third-order valence-electron chi connectivity index (χ3n) is 12.6. The Bertz CT molecular complexity index is 1350.